The number of nitrogens with zero attached hydrogens (tertiary/aromatic N) is 3. The molecule has 1 aromatic heterocycles. The van der Waals surface area contributed by atoms with Crippen molar-refractivity contribution in [2.45, 2.75) is 62.8 Å². The SMILES string of the molecule is O=C(N[C@H]1CO[C@H]2[C@@H]1OC[C@@H]2n1cc(CC2CCCCC2)nn1)c1cccc(O)c1. The van der Waals surface area contributed by atoms with Crippen LogP contribution >= 0.6 is 0 Å². The smallest absolute Gasteiger partial charge is 0.251 e. The van der Waals surface area contributed by atoms with Crippen molar-refractivity contribution in [2.75, 3.05) is 13.2 Å². The van der Waals surface area contributed by atoms with Gasteiger partial charge in [-0.1, -0.05) is 43.4 Å². The molecular weight excluding hydrogens is 384 g/mol. The molecule has 5 rings (SSSR count). The maximum absolute atomic E-state index is 12.5. The van der Waals surface area contributed by atoms with Gasteiger partial charge in [-0.25, -0.2) is 4.68 Å². The predicted octanol–water partition coefficient (Wildman–Crippen LogP) is 2.24. The minimum Gasteiger partial charge on any atom is -0.508 e. The lowest BCUT2D eigenvalue weighted by atomic mass is 9.86. The van der Waals surface area contributed by atoms with Crippen LogP contribution < -0.4 is 5.32 Å². The van der Waals surface area contributed by atoms with E-state index in [0.717, 1.165) is 18.0 Å². The molecule has 30 heavy (non-hydrogen) atoms. The summed E-state index contributed by atoms with van der Waals surface area (Å²) in [5.74, 6) is 0.537. The van der Waals surface area contributed by atoms with Gasteiger partial charge in [0.2, 0.25) is 0 Å². The zero-order valence-corrected chi connectivity index (χ0v) is 16.9. The van der Waals surface area contributed by atoms with Gasteiger partial charge in [-0.15, -0.1) is 5.10 Å². The maximum atomic E-state index is 12.5. The molecule has 0 spiro atoms. The Hall–Kier alpha value is -2.45. The lowest BCUT2D eigenvalue weighted by Gasteiger charge is -2.20. The lowest BCUT2D eigenvalue weighted by Crippen LogP contribution is -2.44. The van der Waals surface area contributed by atoms with Crippen LogP contribution in [0.1, 0.15) is 54.2 Å². The number of ether oxygens (including phenoxy) is 2. The van der Waals surface area contributed by atoms with Gasteiger partial charge in [0.05, 0.1) is 24.9 Å². The molecule has 0 radical (unpaired) electrons. The number of fused-ring (bicyclic) bond motifs is 1. The lowest BCUT2D eigenvalue weighted by molar-refractivity contribution is 0.0613. The van der Waals surface area contributed by atoms with E-state index in [4.69, 9.17) is 9.47 Å². The molecule has 3 fully saturated rings. The molecule has 2 aliphatic heterocycles. The van der Waals surface area contributed by atoms with Gasteiger partial charge in [-0.3, -0.25) is 4.79 Å². The number of nitrogens with one attached hydrogen (secondary N) is 1. The van der Waals surface area contributed by atoms with E-state index in [0.29, 0.717) is 18.8 Å². The molecular formula is C22H28N4O4. The summed E-state index contributed by atoms with van der Waals surface area (Å²) in [6, 6.07) is 6.03. The van der Waals surface area contributed by atoms with Gasteiger partial charge in [0.25, 0.3) is 5.91 Å². The largest absolute Gasteiger partial charge is 0.508 e. The van der Waals surface area contributed by atoms with Crippen LogP contribution in [-0.4, -0.2) is 57.5 Å². The highest BCUT2D eigenvalue weighted by Crippen LogP contribution is 2.34. The van der Waals surface area contributed by atoms with Crippen LogP contribution in [0.25, 0.3) is 0 Å². The van der Waals surface area contributed by atoms with Crippen LogP contribution in [0.2, 0.25) is 0 Å². The number of aromatic nitrogens is 3. The van der Waals surface area contributed by atoms with Crippen LogP contribution in [0.4, 0.5) is 0 Å². The fourth-order valence-electron chi connectivity index (χ4n) is 4.98. The van der Waals surface area contributed by atoms with E-state index in [9.17, 15) is 9.90 Å². The second-order valence-corrected chi connectivity index (χ2v) is 8.69. The van der Waals surface area contributed by atoms with E-state index in [1.54, 1.807) is 12.1 Å². The fourth-order valence-corrected chi connectivity index (χ4v) is 4.98. The number of carbonyl (C=O) groups excluding carboxylic acids is 1. The molecule has 3 heterocycles. The van der Waals surface area contributed by atoms with Crippen molar-refractivity contribution in [3.8, 4) is 5.75 Å². The molecule has 1 aromatic carbocycles. The van der Waals surface area contributed by atoms with Gasteiger partial charge < -0.3 is 19.9 Å². The Balaban J connectivity index is 1.21. The first kappa shape index (κ1) is 19.5. The van der Waals surface area contributed by atoms with Crippen LogP contribution in [-0.2, 0) is 15.9 Å². The van der Waals surface area contributed by atoms with E-state index in [-0.39, 0.29) is 35.9 Å². The third kappa shape index (κ3) is 3.94. The number of amides is 1. The van der Waals surface area contributed by atoms with Gasteiger partial charge in [0.1, 0.15) is 24.0 Å². The second-order valence-electron chi connectivity index (χ2n) is 8.69. The third-order valence-corrected chi connectivity index (χ3v) is 6.57. The van der Waals surface area contributed by atoms with Crippen molar-refractivity contribution >= 4 is 5.91 Å². The summed E-state index contributed by atoms with van der Waals surface area (Å²) in [4.78, 5) is 12.5. The molecule has 3 aliphatic rings. The average Bonchev–Trinajstić information content (AvgIpc) is 3.47. The van der Waals surface area contributed by atoms with Gasteiger partial charge in [0.15, 0.2) is 0 Å². The Labute approximate surface area is 175 Å². The van der Waals surface area contributed by atoms with Crippen molar-refractivity contribution in [3.63, 3.8) is 0 Å². The molecule has 8 nitrogen and oxygen atoms in total. The number of benzene rings is 1. The van der Waals surface area contributed by atoms with Gasteiger partial charge in [0, 0.05) is 11.8 Å². The quantitative estimate of drug-likeness (QED) is 0.782. The van der Waals surface area contributed by atoms with Crippen molar-refractivity contribution in [2.24, 2.45) is 5.92 Å². The fraction of sp³-hybridized carbons (Fsp3) is 0.591. The summed E-state index contributed by atoms with van der Waals surface area (Å²) < 4.78 is 13.9. The Morgan fingerprint density at radius 1 is 1.17 bits per heavy atom. The summed E-state index contributed by atoms with van der Waals surface area (Å²) in [5, 5.41) is 21.3. The van der Waals surface area contributed by atoms with E-state index in [2.05, 4.69) is 15.6 Å². The van der Waals surface area contributed by atoms with Crippen LogP contribution in [0.15, 0.2) is 30.5 Å². The maximum Gasteiger partial charge on any atom is 0.251 e. The van der Waals surface area contributed by atoms with E-state index >= 15 is 0 Å². The van der Waals surface area contributed by atoms with Gasteiger partial charge in [-0.05, 0) is 30.5 Å². The number of carbonyl (C=O) groups is 1. The first-order chi connectivity index (χ1) is 14.7. The summed E-state index contributed by atoms with van der Waals surface area (Å²) in [7, 11) is 0. The molecule has 0 unspecified atom stereocenters. The van der Waals surface area contributed by atoms with E-state index in [1.807, 2.05) is 10.9 Å². The third-order valence-electron chi connectivity index (χ3n) is 6.57. The number of phenolic OH excluding ortho intramolecular Hbond substituents is 1. The molecule has 1 saturated carbocycles. The normalized spacial score (nSPS) is 29.1. The Kier molecular flexibility index (Phi) is 5.43. The minimum absolute atomic E-state index is 0.0368. The highest BCUT2D eigenvalue weighted by molar-refractivity contribution is 5.94. The van der Waals surface area contributed by atoms with Gasteiger partial charge >= 0.3 is 0 Å². The topological polar surface area (TPSA) is 98.5 Å². The zero-order chi connectivity index (χ0) is 20.5. The number of hydrogen-bond acceptors (Lipinski definition) is 6. The summed E-state index contributed by atoms with van der Waals surface area (Å²) in [6.45, 7) is 0.875. The molecule has 8 heteroatoms. The molecule has 2 N–H and O–H groups in total. The predicted molar refractivity (Wildman–Crippen MR) is 108 cm³/mol. The highest BCUT2D eigenvalue weighted by atomic mass is 16.6. The summed E-state index contributed by atoms with van der Waals surface area (Å²) >= 11 is 0. The molecule has 4 atom stereocenters. The molecule has 1 aliphatic carbocycles. The van der Waals surface area contributed by atoms with Crippen LogP contribution in [0.5, 0.6) is 5.75 Å². The number of rotatable bonds is 5. The molecule has 1 amide bonds. The monoisotopic (exact) mass is 412 g/mol. The molecule has 2 aromatic rings. The Morgan fingerprint density at radius 3 is 2.83 bits per heavy atom. The molecule has 2 saturated heterocycles. The average molecular weight is 412 g/mol. The molecule has 160 valence electrons. The van der Waals surface area contributed by atoms with Crippen molar-refractivity contribution in [1.29, 1.82) is 0 Å². The Bertz CT molecular complexity index is 895. The van der Waals surface area contributed by atoms with Crippen LogP contribution in [0, 0.1) is 5.92 Å². The minimum atomic E-state index is -0.247. The first-order valence-electron chi connectivity index (χ1n) is 10.9. The summed E-state index contributed by atoms with van der Waals surface area (Å²) in [5.41, 5.74) is 1.45. The highest BCUT2D eigenvalue weighted by Gasteiger charge is 2.49. The Morgan fingerprint density at radius 2 is 2.00 bits per heavy atom. The number of aromatic hydroxyl groups is 1. The van der Waals surface area contributed by atoms with E-state index < -0.39 is 0 Å². The van der Waals surface area contributed by atoms with Gasteiger partial charge in [-0.2, -0.15) is 0 Å². The standard InChI is InChI=1S/C22H28N4O4/c27-17-8-4-7-15(10-17)22(28)23-18-12-29-21-19(13-30-20(18)21)26-11-16(24-25-26)9-14-5-2-1-3-6-14/h4,7-8,10-11,14,18-21,27H,1-3,5-6,9,12-13H2,(H,23,28)/t18-,19-,20+,21+/m0/s1. The van der Waals surface area contributed by atoms with E-state index in [1.165, 1.54) is 44.2 Å². The summed E-state index contributed by atoms with van der Waals surface area (Å²) in [6.07, 6.45) is 9.21. The first-order valence-corrected chi connectivity index (χ1v) is 10.9. The van der Waals surface area contributed by atoms with Crippen molar-refractivity contribution in [1.82, 2.24) is 20.3 Å². The second kappa shape index (κ2) is 8.35. The van der Waals surface area contributed by atoms with Crippen molar-refractivity contribution < 1.29 is 19.4 Å². The number of phenols is 1. The van der Waals surface area contributed by atoms with Crippen LogP contribution in [0.3, 0.4) is 0 Å². The zero-order valence-electron chi connectivity index (χ0n) is 16.9. The van der Waals surface area contributed by atoms with Crippen molar-refractivity contribution in [3.05, 3.63) is 41.7 Å². The number of hydrogen-bond donors (Lipinski definition) is 2. The molecule has 0 bridgehead atoms.